The van der Waals surface area contributed by atoms with E-state index in [4.69, 9.17) is 0 Å². The molecule has 0 aromatic carbocycles. The zero-order chi connectivity index (χ0) is 12.4. The van der Waals surface area contributed by atoms with Gasteiger partial charge in [-0.2, -0.15) is 21.6 Å². The second-order valence-electron chi connectivity index (χ2n) is 3.05. The van der Waals surface area contributed by atoms with E-state index in [-0.39, 0.29) is 0 Å². The van der Waals surface area contributed by atoms with Crippen molar-refractivity contribution in [1.29, 1.82) is 0 Å². The number of rotatable bonds is 1. The smallest absolute Gasteiger partial charge is 0.302 e. The molecule has 0 spiro atoms. The Kier molecular flexibility index (Phi) is 3.97. The summed E-state index contributed by atoms with van der Waals surface area (Å²) in [6.07, 6.45) is 0. The van der Waals surface area contributed by atoms with E-state index in [1.165, 1.54) is 28.2 Å². The second-order valence-corrected chi connectivity index (χ2v) is 4.59. The molecule has 0 aliphatic carbocycles. The molecular weight excluding hydrogens is 237 g/mol. The van der Waals surface area contributed by atoms with E-state index in [1.54, 1.807) is 0 Å². The first-order valence-corrected chi connectivity index (χ1v) is 5.12. The van der Waals surface area contributed by atoms with Crippen LogP contribution in [0.1, 0.15) is 0 Å². The lowest BCUT2D eigenvalue weighted by Crippen LogP contribution is -2.38. The van der Waals surface area contributed by atoms with E-state index in [2.05, 4.69) is 4.18 Å². The lowest BCUT2D eigenvalue weighted by molar-refractivity contribution is -0.478. The van der Waals surface area contributed by atoms with E-state index < -0.39 is 21.6 Å². The highest BCUT2D eigenvalue weighted by Gasteiger charge is 2.50. The standard InChI is InChI=1S/C6H12F3N2O3S/c1-10(2)5(11(3)4)14-15(12,13)6(7,8)9/h1-4H3/q+1. The quantitative estimate of drug-likeness (QED) is 0.216. The molecule has 9 heteroatoms. The molecule has 0 rings (SSSR count). The average Bonchev–Trinajstić information content (AvgIpc) is 1.96. The van der Waals surface area contributed by atoms with Crippen molar-refractivity contribution in [2.45, 2.75) is 5.51 Å². The molecule has 0 radical (unpaired) electrons. The molecule has 0 aliphatic heterocycles. The Hall–Kier alpha value is -0.990. The van der Waals surface area contributed by atoms with Crippen molar-refractivity contribution in [2.75, 3.05) is 28.2 Å². The van der Waals surface area contributed by atoms with Crippen LogP contribution >= 0.6 is 0 Å². The van der Waals surface area contributed by atoms with E-state index in [0.29, 0.717) is 0 Å². The van der Waals surface area contributed by atoms with Gasteiger partial charge < -0.3 is 4.18 Å². The Bertz CT molecular complexity index is 354. The van der Waals surface area contributed by atoms with Crippen molar-refractivity contribution < 1.29 is 30.3 Å². The molecule has 0 unspecified atom stereocenters. The van der Waals surface area contributed by atoms with E-state index in [9.17, 15) is 21.6 Å². The summed E-state index contributed by atoms with van der Waals surface area (Å²) >= 11 is 0. The van der Waals surface area contributed by atoms with Gasteiger partial charge in [0.05, 0.1) is 28.2 Å². The van der Waals surface area contributed by atoms with Crippen LogP contribution in [0.4, 0.5) is 13.2 Å². The fourth-order valence-corrected chi connectivity index (χ4v) is 1.28. The van der Waals surface area contributed by atoms with Gasteiger partial charge in [-0.15, -0.1) is 0 Å². The maximum atomic E-state index is 12.0. The average molecular weight is 249 g/mol. The first-order valence-electron chi connectivity index (χ1n) is 3.71. The minimum atomic E-state index is -5.61. The summed E-state index contributed by atoms with van der Waals surface area (Å²) in [7, 11) is -0.158. The maximum absolute atomic E-state index is 12.0. The molecule has 0 atom stereocenters. The largest absolute Gasteiger partial charge is 0.534 e. The van der Waals surface area contributed by atoms with Gasteiger partial charge in [0.2, 0.25) is 0 Å². The molecule has 5 nitrogen and oxygen atoms in total. The summed E-state index contributed by atoms with van der Waals surface area (Å²) < 4.78 is 62.2. The molecule has 0 aromatic heterocycles. The topological polar surface area (TPSA) is 49.6 Å². The fraction of sp³-hybridized carbons (Fsp3) is 0.833. The van der Waals surface area contributed by atoms with Crippen LogP contribution in [0.2, 0.25) is 0 Å². The van der Waals surface area contributed by atoms with E-state index in [0.717, 1.165) is 9.48 Å². The van der Waals surface area contributed by atoms with Gasteiger partial charge >= 0.3 is 21.6 Å². The Labute approximate surface area is 85.9 Å². The maximum Gasteiger partial charge on any atom is 0.534 e. The molecule has 0 aromatic rings. The molecule has 0 saturated heterocycles. The summed E-state index contributed by atoms with van der Waals surface area (Å²) in [6, 6.07) is -0.424. The molecule has 90 valence electrons. The first kappa shape index (κ1) is 14.0. The van der Waals surface area contributed by atoms with Crippen LogP contribution in [-0.4, -0.2) is 57.6 Å². The second kappa shape index (κ2) is 4.25. The third-order valence-electron chi connectivity index (χ3n) is 1.23. The minimum absolute atomic E-state index is 0.424. The highest BCUT2D eigenvalue weighted by Crippen LogP contribution is 2.24. The van der Waals surface area contributed by atoms with Crippen LogP contribution in [0, 0.1) is 0 Å². The van der Waals surface area contributed by atoms with Crippen molar-refractivity contribution in [3.05, 3.63) is 0 Å². The summed E-state index contributed by atoms with van der Waals surface area (Å²) in [6.45, 7) is 0. The van der Waals surface area contributed by atoms with Gasteiger partial charge in [-0.1, -0.05) is 0 Å². The van der Waals surface area contributed by atoms with Crippen LogP contribution in [0.5, 0.6) is 0 Å². The number of alkyl halides is 3. The molecule has 0 N–H and O–H groups in total. The number of halogens is 3. The molecule has 0 amide bonds. The van der Waals surface area contributed by atoms with Crippen molar-refractivity contribution in [2.24, 2.45) is 0 Å². The molecule has 0 bridgehead atoms. The van der Waals surface area contributed by atoms with Gasteiger partial charge in [0.15, 0.2) is 0 Å². The van der Waals surface area contributed by atoms with Gasteiger partial charge in [0, 0.05) is 0 Å². The highest BCUT2D eigenvalue weighted by molar-refractivity contribution is 7.88. The zero-order valence-electron chi connectivity index (χ0n) is 8.66. The molecule has 0 fully saturated rings. The van der Waals surface area contributed by atoms with Crippen molar-refractivity contribution >= 4 is 16.1 Å². The highest BCUT2D eigenvalue weighted by atomic mass is 32.2. The fourth-order valence-electron chi connectivity index (χ4n) is 0.694. The van der Waals surface area contributed by atoms with Gasteiger partial charge in [-0.3, -0.25) is 0 Å². The normalized spacial score (nSPS) is 12.2. The van der Waals surface area contributed by atoms with Crippen LogP contribution in [0.3, 0.4) is 0 Å². The molecular formula is C6H12F3N2O3S+. The SMILES string of the molecule is CN(C)C(OS(=O)(=O)C(F)(F)F)=[N+](C)C. The summed E-state index contributed by atoms with van der Waals surface area (Å²) in [5.41, 5.74) is -5.43. The molecule has 0 aliphatic rings. The van der Waals surface area contributed by atoms with Crippen LogP contribution in [0.25, 0.3) is 0 Å². The predicted octanol–water partition coefficient (Wildman–Crippen LogP) is 0.0423. The van der Waals surface area contributed by atoms with E-state index >= 15 is 0 Å². The van der Waals surface area contributed by atoms with Crippen molar-refractivity contribution in [3.8, 4) is 0 Å². The molecule has 15 heavy (non-hydrogen) atoms. The van der Waals surface area contributed by atoms with Crippen LogP contribution in [0.15, 0.2) is 0 Å². The lowest BCUT2D eigenvalue weighted by Gasteiger charge is -2.12. The number of hydrogen-bond donors (Lipinski definition) is 0. The summed E-state index contributed by atoms with van der Waals surface area (Å²) in [5.74, 6) is 0. The Morgan fingerprint density at radius 1 is 1.27 bits per heavy atom. The molecule has 0 heterocycles. The van der Waals surface area contributed by atoms with Crippen LogP contribution < -0.4 is 0 Å². The van der Waals surface area contributed by atoms with Crippen molar-refractivity contribution in [1.82, 2.24) is 4.90 Å². The first-order chi connectivity index (χ1) is 6.49. The van der Waals surface area contributed by atoms with Gasteiger partial charge in [0.1, 0.15) is 0 Å². The minimum Gasteiger partial charge on any atom is -0.302 e. The van der Waals surface area contributed by atoms with Gasteiger partial charge in [0.25, 0.3) is 0 Å². The summed E-state index contributed by atoms with van der Waals surface area (Å²) in [5, 5.41) is 0. The molecule has 0 saturated carbocycles. The van der Waals surface area contributed by atoms with Crippen LogP contribution in [-0.2, 0) is 14.3 Å². The lowest BCUT2D eigenvalue weighted by atomic mass is 10.8. The monoisotopic (exact) mass is 249 g/mol. The van der Waals surface area contributed by atoms with Gasteiger partial charge in [-0.25, -0.2) is 9.48 Å². The number of hydrogen-bond acceptors (Lipinski definition) is 3. The zero-order valence-corrected chi connectivity index (χ0v) is 9.48. The van der Waals surface area contributed by atoms with E-state index in [1.807, 2.05) is 0 Å². The third-order valence-corrected chi connectivity index (χ3v) is 2.17. The Morgan fingerprint density at radius 2 is 1.67 bits per heavy atom. The number of nitrogens with zero attached hydrogens (tertiary/aromatic N) is 2. The van der Waals surface area contributed by atoms with Gasteiger partial charge in [-0.05, 0) is 0 Å². The summed E-state index contributed by atoms with van der Waals surface area (Å²) in [4.78, 5) is 1.11. The third kappa shape index (κ3) is 3.57. The predicted molar refractivity (Wildman–Crippen MR) is 46.9 cm³/mol. The number of amidine groups is 1. The Morgan fingerprint density at radius 3 is 1.87 bits per heavy atom. The Balaban J connectivity index is 5.13. The van der Waals surface area contributed by atoms with Crippen molar-refractivity contribution in [3.63, 3.8) is 0 Å².